The quantitative estimate of drug-likeness (QED) is 0.702. The zero-order valence-electron chi connectivity index (χ0n) is 9.22. The molecule has 1 rings (SSSR count). The van der Waals surface area contributed by atoms with Gasteiger partial charge in [0, 0.05) is 12.8 Å². The average Bonchev–Trinajstić information content (AvgIpc) is 1.98. The molecule has 0 radical (unpaired) electrons. The highest BCUT2D eigenvalue weighted by atomic mass is 16.2. The largest absolute Gasteiger partial charge is 0.296 e. The fourth-order valence-electron chi connectivity index (χ4n) is 1.90. The van der Waals surface area contributed by atoms with E-state index in [4.69, 9.17) is 0 Å². The Morgan fingerprint density at radius 2 is 1.79 bits per heavy atom. The molecule has 1 N–H and O–H groups in total. The molecule has 3 nitrogen and oxygen atoms in total. The second kappa shape index (κ2) is 4.11. The molecule has 0 atom stereocenters. The SMILES string of the molecule is CC(C)CCC1(C)CC(=O)NC(=O)C1. The zero-order chi connectivity index (χ0) is 10.8. The van der Waals surface area contributed by atoms with Crippen LogP contribution < -0.4 is 5.32 Å². The van der Waals surface area contributed by atoms with Crippen molar-refractivity contribution in [1.29, 1.82) is 0 Å². The summed E-state index contributed by atoms with van der Waals surface area (Å²) in [5.74, 6) is 0.395. The van der Waals surface area contributed by atoms with Gasteiger partial charge in [0.2, 0.25) is 11.8 Å². The molecule has 0 spiro atoms. The van der Waals surface area contributed by atoms with E-state index in [0.717, 1.165) is 12.8 Å². The van der Waals surface area contributed by atoms with Crippen molar-refractivity contribution in [3.05, 3.63) is 0 Å². The van der Waals surface area contributed by atoms with Crippen LogP contribution in [0.2, 0.25) is 0 Å². The maximum Gasteiger partial charge on any atom is 0.227 e. The Kier molecular flexibility index (Phi) is 3.29. The highest BCUT2D eigenvalue weighted by Gasteiger charge is 2.35. The van der Waals surface area contributed by atoms with Crippen LogP contribution in [-0.2, 0) is 9.59 Å². The lowest BCUT2D eigenvalue weighted by atomic mass is 9.75. The van der Waals surface area contributed by atoms with Crippen molar-refractivity contribution in [2.45, 2.75) is 46.5 Å². The molecule has 0 unspecified atom stereocenters. The van der Waals surface area contributed by atoms with E-state index in [0.29, 0.717) is 18.8 Å². The van der Waals surface area contributed by atoms with Crippen molar-refractivity contribution in [2.24, 2.45) is 11.3 Å². The minimum Gasteiger partial charge on any atom is -0.296 e. The Bertz CT molecular complexity index is 230. The van der Waals surface area contributed by atoms with Crippen LogP contribution in [0.15, 0.2) is 0 Å². The number of carbonyl (C=O) groups excluding carboxylic acids is 2. The third kappa shape index (κ3) is 3.13. The molecule has 0 saturated carbocycles. The van der Waals surface area contributed by atoms with E-state index in [2.05, 4.69) is 19.2 Å². The fraction of sp³-hybridized carbons (Fsp3) is 0.818. The molecule has 1 heterocycles. The predicted octanol–water partition coefficient (Wildman–Crippen LogP) is 1.87. The molecule has 1 saturated heterocycles. The topological polar surface area (TPSA) is 46.2 Å². The van der Waals surface area contributed by atoms with E-state index in [1.165, 1.54) is 0 Å². The van der Waals surface area contributed by atoms with Gasteiger partial charge in [0.15, 0.2) is 0 Å². The Morgan fingerprint density at radius 1 is 1.29 bits per heavy atom. The van der Waals surface area contributed by atoms with Crippen LogP contribution in [0.1, 0.15) is 46.5 Å². The van der Waals surface area contributed by atoms with Gasteiger partial charge in [-0.1, -0.05) is 27.2 Å². The van der Waals surface area contributed by atoms with Crippen LogP contribution in [0, 0.1) is 11.3 Å². The van der Waals surface area contributed by atoms with Crippen LogP contribution in [0.25, 0.3) is 0 Å². The molecule has 0 aliphatic carbocycles. The van der Waals surface area contributed by atoms with Crippen LogP contribution >= 0.6 is 0 Å². The highest BCUT2D eigenvalue weighted by molar-refractivity contribution is 5.98. The van der Waals surface area contributed by atoms with Crippen molar-refractivity contribution < 1.29 is 9.59 Å². The van der Waals surface area contributed by atoms with Crippen molar-refractivity contribution >= 4 is 11.8 Å². The predicted molar refractivity (Wildman–Crippen MR) is 54.6 cm³/mol. The van der Waals surface area contributed by atoms with Gasteiger partial charge in [-0.15, -0.1) is 0 Å². The molecule has 2 amide bonds. The van der Waals surface area contributed by atoms with Gasteiger partial charge in [-0.25, -0.2) is 0 Å². The molecule has 0 aromatic carbocycles. The molecule has 14 heavy (non-hydrogen) atoms. The lowest BCUT2D eigenvalue weighted by molar-refractivity contribution is -0.137. The van der Waals surface area contributed by atoms with Crippen LogP contribution in [0.3, 0.4) is 0 Å². The number of amides is 2. The third-order valence-electron chi connectivity index (χ3n) is 2.78. The van der Waals surface area contributed by atoms with Gasteiger partial charge in [0.1, 0.15) is 0 Å². The summed E-state index contributed by atoms with van der Waals surface area (Å²) >= 11 is 0. The maximum absolute atomic E-state index is 11.2. The summed E-state index contributed by atoms with van der Waals surface area (Å²) in [5, 5.41) is 2.34. The molecule has 1 aliphatic rings. The first kappa shape index (κ1) is 11.2. The first-order chi connectivity index (χ1) is 6.41. The summed E-state index contributed by atoms with van der Waals surface area (Å²) in [7, 11) is 0. The van der Waals surface area contributed by atoms with Gasteiger partial charge in [0.05, 0.1) is 0 Å². The highest BCUT2D eigenvalue weighted by Crippen LogP contribution is 2.35. The molecule has 0 aromatic heterocycles. The standard InChI is InChI=1S/C11H19NO2/c1-8(2)4-5-11(3)6-9(13)12-10(14)7-11/h8H,4-7H2,1-3H3,(H,12,13,14). The summed E-state index contributed by atoms with van der Waals surface area (Å²) in [6.45, 7) is 6.36. The first-order valence-corrected chi connectivity index (χ1v) is 5.24. The average molecular weight is 197 g/mol. The molecule has 0 aromatic rings. The Hall–Kier alpha value is -0.860. The van der Waals surface area contributed by atoms with Crippen LogP contribution in [-0.4, -0.2) is 11.8 Å². The number of rotatable bonds is 3. The molecular formula is C11H19NO2. The summed E-state index contributed by atoms with van der Waals surface area (Å²) in [6.07, 6.45) is 3.03. The van der Waals surface area contributed by atoms with E-state index >= 15 is 0 Å². The van der Waals surface area contributed by atoms with Crippen LogP contribution in [0.5, 0.6) is 0 Å². The fourth-order valence-corrected chi connectivity index (χ4v) is 1.90. The monoisotopic (exact) mass is 197 g/mol. The molecule has 1 fully saturated rings. The summed E-state index contributed by atoms with van der Waals surface area (Å²) in [4.78, 5) is 22.4. The number of hydrogen-bond donors (Lipinski definition) is 1. The molecular weight excluding hydrogens is 178 g/mol. The maximum atomic E-state index is 11.2. The second-order valence-electron chi connectivity index (χ2n) is 5.07. The van der Waals surface area contributed by atoms with Crippen molar-refractivity contribution in [3.63, 3.8) is 0 Å². The second-order valence-corrected chi connectivity index (χ2v) is 5.07. The minimum atomic E-state index is -0.118. The van der Waals surface area contributed by atoms with Crippen molar-refractivity contribution in [2.75, 3.05) is 0 Å². The van der Waals surface area contributed by atoms with Gasteiger partial charge < -0.3 is 0 Å². The summed E-state index contributed by atoms with van der Waals surface area (Å²) in [6, 6.07) is 0. The molecule has 3 heteroatoms. The van der Waals surface area contributed by atoms with Gasteiger partial charge in [-0.3, -0.25) is 14.9 Å². The Balaban J connectivity index is 2.54. The van der Waals surface area contributed by atoms with Crippen molar-refractivity contribution in [1.82, 2.24) is 5.32 Å². The lowest BCUT2D eigenvalue weighted by Crippen LogP contribution is -2.43. The lowest BCUT2D eigenvalue weighted by Gasteiger charge is -2.32. The molecule has 0 bridgehead atoms. The zero-order valence-corrected chi connectivity index (χ0v) is 9.22. The summed E-state index contributed by atoms with van der Waals surface area (Å²) < 4.78 is 0. The first-order valence-electron chi connectivity index (χ1n) is 5.24. The Labute approximate surface area is 85.3 Å². The smallest absolute Gasteiger partial charge is 0.227 e. The van der Waals surface area contributed by atoms with Crippen molar-refractivity contribution in [3.8, 4) is 0 Å². The Morgan fingerprint density at radius 3 is 2.21 bits per heavy atom. The molecule has 1 aliphatic heterocycles. The van der Waals surface area contributed by atoms with Gasteiger partial charge in [0.25, 0.3) is 0 Å². The normalized spacial score (nSPS) is 21.1. The van der Waals surface area contributed by atoms with E-state index < -0.39 is 0 Å². The van der Waals surface area contributed by atoms with E-state index in [9.17, 15) is 9.59 Å². The van der Waals surface area contributed by atoms with Crippen LogP contribution in [0.4, 0.5) is 0 Å². The minimum absolute atomic E-state index is 0.107. The number of imide groups is 1. The number of nitrogens with one attached hydrogen (secondary N) is 1. The van der Waals surface area contributed by atoms with E-state index in [1.807, 2.05) is 6.92 Å². The summed E-state index contributed by atoms with van der Waals surface area (Å²) in [5.41, 5.74) is -0.107. The number of carbonyl (C=O) groups is 2. The number of piperidine rings is 1. The third-order valence-corrected chi connectivity index (χ3v) is 2.78. The van der Waals surface area contributed by atoms with Gasteiger partial charge in [-0.2, -0.15) is 0 Å². The van der Waals surface area contributed by atoms with Gasteiger partial charge >= 0.3 is 0 Å². The van der Waals surface area contributed by atoms with E-state index in [1.54, 1.807) is 0 Å². The number of hydrogen-bond acceptors (Lipinski definition) is 2. The van der Waals surface area contributed by atoms with E-state index in [-0.39, 0.29) is 17.2 Å². The van der Waals surface area contributed by atoms with Gasteiger partial charge in [-0.05, 0) is 17.8 Å². The molecule has 80 valence electrons.